The lowest BCUT2D eigenvalue weighted by molar-refractivity contribution is 0.527. The van der Waals surface area contributed by atoms with Crippen molar-refractivity contribution in [2.75, 3.05) is 4.72 Å². The van der Waals surface area contributed by atoms with Crippen LogP contribution in [-0.2, 0) is 23.5 Å². The van der Waals surface area contributed by atoms with Crippen molar-refractivity contribution in [3.8, 4) is 0 Å². The molecule has 3 aromatic rings. The van der Waals surface area contributed by atoms with E-state index in [1.165, 1.54) is 16.2 Å². The van der Waals surface area contributed by atoms with Crippen molar-refractivity contribution in [3.05, 3.63) is 58.1 Å². The summed E-state index contributed by atoms with van der Waals surface area (Å²) in [5.74, 6) is -0.524. The highest BCUT2D eigenvalue weighted by Crippen LogP contribution is 2.25. The monoisotopic (exact) mass is 374 g/mol. The van der Waals surface area contributed by atoms with Gasteiger partial charge in [0.15, 0.2) is 5.58 Å². The number of rotatable bonds is 6. The minimum absolute atomic E-state index is 0.0920. The molecule has 0 amide bonds. The number of unbranched alkanes of at least 4 members (excludes halogenated alkanes) is 1. The van der Waals surface area contributed by atoms with E-state index in [0.29, 0.717) is 16.8 Å². The fourth-order valence-electron chi connectivity index (χ4n) is 2.88. The number of benzene rings is 2. The third kappa shape index (κ3) is 3.53. The Kier molecular flexibility index (Phi) is 4.91. The van der Waals surface area contributed by atoms with Gasteiger partial charge in [-0.1, -0.05) is 25.5 Å². The van der Waals surface area contributed by atoms with E-state index in [4.69, 9.17) is 4.42 Å². The summed E-state index contributed by atoms with van der Waals surface area (Å²) in [6.07, 6.45) is 3.20. The Morgan fingerprint density at radius 2 is 1.85 bits per heavy atom. The first-order chi connectivity index (χ1) is 12.3. The van der Waals surface area contributed by atoms with Crippen molar-refractivity contribution in [2.45, 2.75) is 38.0 Å². The number of sulfonamides is 1. The molecule has 138 valence electrons. The van der Waals surface area contributed by atoms with Gasteiger partial charge in [0, 0.05) is 18.8 Å². The number of nitrogens with one attached hydrogen (secondary N) is 1. The summed E-state index contributed by atoms with van der Waals surface area (Å²) >= 11 is 0. The first-order valence-electron chi connectivity index (χ1n) is 8.54. The van der Waals surface area contributed by atoms with Crippen LogP contribution in [0.1, 0.15) is 30.9 Å². The predicted molar refractivity (Wildman–Crippen MR) is 102 cm³/mol. The molecule has 2 aromatic carbocycles. The largest absolute Gasteiger partial charge is 0.419 e. The summed E-state index contributed by atoms with van der Waals surface area (Å²) in [5.41, 5.74) is 3.03. The van der Waals surface area contributed by atoms with Gasteiger partial charge in [-0.05, 0) is 49.1 Å². The van der Waals surface area contributed by atoms with E-state index in [2.05, 4.69) is 11.6 Å². The maximum atomic E-state index is 12.8. The Labute approximate surface area is 152 Å². The second kappa shape index (κ2) is 6.99. The molecule has 0 radical (unpaired) electrons. The van der Waals surface area contributed by atoms with E-state index in [1.807, 2.05) is 12.1 Å². The Hall–Kier alpha value is -2.54. The highest BCUT2D eigenvalue weighted by Gasteiger charge is 2.20. The number of fused-ring (bicyclic) bond motifs is 1. The third-order valence-corrected chi connectivity index (χ3v) is 5.93. The van der Waals surface area contributed by atoms with Crippen LogP contribution in [0.2, 0.25) is 0 Å². The van der Waals surface area contributed by atoms with Gasteiger partial charge in [-0.3, -0.25) is 9.29 Å². The molecule has 0 unspecified atom stereocenters. The molecule has 0 saturated carbocycles. The molecule has 6 nitrogen and oxygen atoms in total. The first kappa shape index (κ1) is 18.3. The standard InChI is InChI=1S/C19H22N2O4S/c1-4-5-6-14-7-9-15(10-8-14)20-26(23,24)18-12-17-16(11-13(18)2)21(3)19(22)25-17/h7-12,20H,4-6H2,1-3H3. The SMILES string of the molecule is CCCCc1ccc(NS(=O)(=O)c2cc3oc(=O)n(C)c3cc2C)cc1. The molecule has 0 fully saturated rings. The van der Waals surface area contributed by atoms with E-state index < -0.39 is 15.8 Å². The van der Waals surface area contributed by atoms with Gasteiger partial charge in [0.2, 0.25) is 0 Å². The molecular formula is C19H22N2O4S. The van der Waals surface area contributed by atoms with Gasteiger partial charge in [0.25, 0.3) is 10.0 Å². The normalized spacial score (nSPS) is 11.8. The van der Waals surface area contributed by atoms with Gasteiger partial charge in [0.05, 0.1) is 10.4 Å². The van der Waals surface area contributed by atoms with Crippen molar-refractivity contribution in [1.29, 1.82) is 0 Å². The average molecular weight is 374 g/mol. The van der Waals surface area contributed by atoms with Gasteiger partial charge in [-0.25, -0.2) is 13.2 Å². The summed E-state index contributed by atoms with van der Waals surface area (Å²) in [6, 6.07) is 10.4. The van der Waals surface area contributed by atoms with E-state index in [9.17, 15) is 13.2 Å². The van der Waals surface area contributed by atoms with E-state index in [0.717, 1.165) is 19.3 Å². The van der Waals surface area contributed by atoms with Crippen molar-refractivity contribution in [1.82, 2.24) is 4.57 Å². The van der Waals surface area contributed by atoms with Gasteiger partial charge < -0.3 is 4.42 Å². The minimum Gasteiger partial charge on any atom is -0.408 e. The van der Waals surface area contributed by atoms with Crippen molar-refractivity contribution in [2.24, 2.45) is 7.05 Å². The van der Waals surface area contributed by atoms with Crippen LogP contribution in [0.5, 0.6) is 0 Å². The lowest BCUT2D eigenvalue weighted by atomic mass is 10.1. The Bertz CT molecular complexity index is 1090. The zero-order valence-corrected chi connectivity index (χ0v) is 15.9. The van der Waals surface area contributed by atoms with Crippen LogP contribution in [0.3, 0.4) is 0 Å². The molecule has 26 heavy (non-hydrogen) atoms. The lowest BCUT2D eigenvalue weighted by Gasteiger charge is -2.11. The maximum absolute atomic E-state index is 12.8. The molecule has 1 N–H and O–H groups in total. The van der Waals surface area contributed by atoms with Gasteiger partial charge in [-0.2, -0.15) is 0 Å². The minimum atomic E-state index is -3.79. The molecular weight excluding hydrogens is 352 g/mol. The highest BCUT2D eigenvalue weighted by molar-refractivity contribution is 7.92. The van der Waals surface area contributed by atoms with Gasteiger partial charge in [0.1, 0.15) is 0 Å². The molecule has 0 aliphatic carbocycles. The van der Waals surface area contributed by atoms with Crippen molar-refractivity contribution in [3.63, 3.8) is 0 Å². The molecule has 0 spiro atoms. The fourth-order valence-corrected chi connectivity index (χ4v) is 4.18. The molecule has 1 heterocycles. The summed E-state index contributed by atoms with van der Waals surface area (Å²) in [7, 11) is -2.21. The Morgan fingerprint density at radius 1 is 1.15 bits per heavy atom. The number of anilines is 1. The molecule has 1 aromatic heterocycles. The highest BCUT2D eigenvalue weighted by atomic mass is 32.2. The summed E-state index contributed by atoms with van der Waals surface area (Å²) < 4.78 is 34.6. The summed E-state index contributed by atoms with van der Waals surface area (Å²) in [6.45, 7) is 3.83. The van der Waals surface area contributed by atoms with Crippen LogP contribution in [0.15, 0.2) is 50.5 Å². The molecule has 3 rings (SSSR count). The second-order valence-electron chi connectivity index (χ2n) is 6.42. The quantitative estimate of drug-likeness (QED) is 0.715. The zero-order chi connectivity index (χ0) is 18.9. The Balaban J connectivity index is 1.91. The number of aromatic nitrogens is 1. The third-order valence-electron chi connectivity index (χ3n) is 4.40. The number of hydrogen-bond donors (Lipinski definition) is 1. The molecule has 0 aliphatic heterocycles. The lowest BCUT2D eigenvalue weighted by Crippen LogP contribution is -2.14. The first-order valence-corrected chi connectivity index (χ1v) is 10.0. The van der Waals surface area contributed by atoms with E-state index in [1.54, 1.807) is 32.2 Å². The van der Waals surface area contributed by atoms with Crippen molar-refractivity contribution >= 4 is 26.8 Å². The second-order valence-corrected chi connectivity index (χ2v) is 8.07. The molecule has 0 atom stereocenters. The smallest absolute Gasteiger partial charge is 0.408 e. The maximum Gasteiger partial charge on any atom is 0.419 e. The summed E-state index contributed by atoms with van der Waals surface area (Å²) in [5, 5.41) is 0. The molecule has 7 heteroatoms. The van der Waals surface area contributed by atoms with Crippen LogP contribution in [0, 0.1) is 6.92 Å². The van der Waals surface area contributed by atoms with Crippen molar-refractivity contribution < 1.29 is 12.8 Å². The van der Waals surface area contributed by atoms with Gasteiger partial charge in [-0.15, -0.1) is 0 Å². The van der Waals surface area contributed by atoms with Crippen LogP contribution in [0.4, 0.5) is 5.69 Å². The Morgan fingerprint density at radius 3 is 2.50 bits per heavy atom. The van der Waals surface area contributed by atoms with Gasteiger partial charge >= 0.3 is 5.76 Å². The number of hydrogen-bond acceptors (Lipinski definition) is 4. The van der Waals surface area contributed by atoms with Crippen LogP contribution < -0.4 is 10.5 Å². The van der Waals surface area contributed by atoms with E-state index >= 15 is 0 Å². The van der Waals surface area contributed by atoms with Crippen LogP contribution in [0.25, 0.3) is 11.1 Å². The molecule has 0 bridgehead atoms. The van der Waals surface area contributed by atoms with Crippen LogP contribution >= 0.6 is 0 Å². The predicted octanol–water partition coefficient (Wildman–Crippen LogP) is 3.58. The average Bonchev–Trinajstić information content (AvgIpc) is 2.87. The topological polar surface area (TPSA) is 81.3 Å². The van der Waals surface area contributed by atoms with Crippen LogP contribution in [-0.4, -0.2) is 13.0 Å². The molecule has 0 aliphatic rings. The fraction of sp³-hybridized carbons (Fsp3) is 0.316. The number of aryl methyl sites for hydroxylation is 3. The number of oxazole rings is 1. The van der Waals surface area contributed by atoms with E-state index in [-0.39, 0.29) is 10.5 Å². The number of nitrogens with zero attached hydrogens (tertiary/aromatic N) is 1. The molecule has 0 saturated heterocycles. The summed E-state index contributed by atoms with van der Waals surface area (Å²) in [4.78, 5) is 11.7. The zero-order valence-electron chi connectivity index (χ0n) is 15.1.